The van der Waals surface area contributed by atoms with Gasteiger partial charge in [-0.3, -0.25) is 9.20 Å². The van der Waals surface area contributed by atoms with Crippen molar-refractivity contribution in [3.8, 4) is 10.4 Å². The third-order valence-corrected chi connectivity index (χ3v) is 4.15. The van der Waals surface area contributed by atoms with Gasteiger partial charge in [0.05, 0.1) is 11.5 Å². The van der Waals surface area contributed by atoms with Gasteiger partial charge < -0.3 is 10.1 Å². The average Bonchev–Trinajstić information content (AvgIpc) is 3.07. The van der Waals surface area contributed by atoms with E-state index < -0.39 is 0 Å². The summed E-state index contributed by atoms with van der Waals surface area (Å²) in [5, 5.41) is 2.73. The van der Waals surface area contributed by atoms with E-state index in [0.717, 1.165) is 15.4 Å². The quantitative estimate of drug-likeness (QED) is 0.735. The molecule has 2 heterocycles. The lowest BCUT2D eigenvalue weighted by atomic mass is 10.2. The normalized spacial score (nSPS) is 11.0. The highest BCUT2D eigenvalue weighted by Gasteiger charge is 2.13. The van der Waals surface area contributed by atoms with Crippen LogP contribution >= 0.6 is 11.3 Å². The van der Waals surface area contributed by atoms with Crippen LogP contribution in [0.5, 0.6) is 0 Å². The molecule has 3 rings (SSSR count). The minimum atomic E-state index is -0.264. The molecule has 0 aliphatic heterocycles. The molecule has 0 bridgehead atoms. The number of fused-ring (bicyclic) bond motifs is 1. The summed E-state index contributed by atoms with van der Waals surface area (Å²) >= 11 is 1.45. The number of nitrogens with zero attached hydrogens (tertiary/aromatic N) is 2. The molecule has 0 spiro atoms. The Balaban J connectivity index is 1.80. The Hall–Kier alpha value is -2.25. The molecule has 1 N–H and O–H groups in total. The number of imidazole rings is 1. The number of aromatic nitrogens is 2. The Labute approximate surface area is 130 Å². The molecule has 0 saturated heterocycles. The molecule has 0 unspecified atom stereocenters. The van der Waals surface area contributed by atoms with E-state index in [1.807, 2.05) is 6.20 Å². The van der Waals surface area contributed by atoms with Gasteiger partial charge in [0.1, 0.15) is 11.5 Å². The van der Waals surface area contributed by atoms with Crippen LogP contribution in [0.15, 0.2) is 36.7 Å². The van der Waals surface area contributed by atoms with Gasteiger partial charge in [0.25, 0.3) is 5.91 Å². The molecule has 5 nitrogen and oxygen atoms in total. The van der Waals surface area contributed by atoms with Gasteiger partial charge >= 0.3 is 0 Å². The van der Waals surface area contributed by atoms with E-state index in [4.69, 9.17) is 4.74 Å². The summed E-state index contributed by atoms with van der Waals surface area (Å²) in [4.78, 5) is 17.9. The number of carbonyl (C=O) groups is 1. The van der Waals surface area contributed by atoms with Crippen molar-refractivity contribution < 1.29 is 13.9 Å². The highest BCUT2D eigenvalue weighted by atomic mass is 32.1. The topological polar surface area (TPSA) is 55.6 Å². The number of carbonyl (C=O) groups excluding carboxylic acids is 1. The van der Waals surface area contributed by atoms with Gasteiger partial charge in [0.2, 0.25) is 0 Å². The molecule has 114 valence electrons. The molecule has 3 aromatic rings. The van der Waals surface area contributed by atoms with Gasteiger partial charge in [-0.1, -0.05) is 23.5 Å². The second kappa shape index (κ2) is 6.25. The Morgan fingerprint density at radius 1 is 1.36 bits per heavy atom. The largest absolute Gasteiger partial charge is 0.383 e. The smallest absolute Gasteiger partial charge is 0.271 e. The van der Waals surface area contributed by atoms with Crippen molar-refractivity contribution >= 4 is 22.2 Å². The summed E-state index contributed by atoms with van der Waals surface area (Å²) in [5.74, 6) is -0.489. The van der Waals surface area contributed by atoms with Crippen LogP contribution in [0.4, 0.5) is 4.39 Å². The number of thiazole rings is 1. The molecule has 0 aliphatic rings. The lowest BCUT2D eigenvalue weighted by Crippen LogP contribution is -2.27. The van der Waals surface area contributed by atoms with Gasteiger partial charge in [-0.15, -0.1) is 0 Å². The van der Waals surface area contributed by atoms with Crippen LogP contribution < -0.4 is 5.32 Å². The van der Waals surface area contributed by atoms with Crippen molar-refractivity contribution in [3.05, 3.63) is 48.2 Å². The highest BCUT2D eigenvalue weighted by molar-refractivity contribution is 7.20. The first kappa shape index (κ1) is 14.7. The van der Waals surface area contributed by atoms with Crippen molar-refractivity contribution in [2.45, 2.75) is 0 Å². The molecular weight excluding hydrogens is 305 g/mol. The van der Waals surface area contributed by atoms with Crippen LogP contribution in [0.1, 0.15) is 10.5 Å². The summed E-state index contributed by atoms with van der Waals surface area (Å²) in [6.07, 6.45) is 3.56. The van der Waals surface area contributed by atoms with Crippen molar-refractivity contribution in [1.29, 1.82) is 0 Å². The van der Waals surface area contributed by atoms with E-state index in [2.05, 4.69) is 10.3 Å². The first-order chi connectivity index (χ1) is 10.7. The number of ether oxygens (including phenoxy) is 1. The fourth-order valence-electron chi connectivity index (χ4n) is 2.01. The second-order valence-corrected chi connectivity index (χ2v) is 5.68. The second-order valence-electron chi connectivity index (χ2n) is 4.67. The number of amides is 1. The standard InChI is InChI=1S/C15H14FN3O2S/c1-21-7-6-17-14(20)12-8-19-9-13(22-15(19)18-12)10-2-4-11(16)5-3-10/h2-5,8-9H,6-7H2,1H3,(H,17,20). The Kier molecular flexibility index (Phi) is 4.17. The lowest BCUT2D eigenvalue weighted by Gasteiger charge is -2.00. The van der Waals surface area contributed by atoms with Gasteiger partial charge in [-0.25, -0.2) is 9.37 Å². The minimum absolute atomic E-state index is 0.226. The van der Waals surface area contributed by atoms with Crippen LogP contribution in [-0.2, 0) is 4.74 Å². The number of benzene rings is 1. The van der Waals surface area contributed by atoms with Gasteiger partial charge in [-0.05, 0) is 17.7 Å². The first-order valence-corrected chi connectivity index (χ1v) is 7.50. The summed E-state index contributed by atoms with van der Waals surface area (Å²) in [7, 11) is 1.58. The molecule has 22 heavy (non-hydrogen) atoms. The van der Waals surface area contributed by atoms with Gasteiger partial charge in [0.15, 0.2) is 4.96 Å². The van der Waals surface area contributed by atoms with Gasteiger partial charge in [-0.2, -0.15) is 0 Å². The molecule has 0 radical (unpaired) electrons. The Bertz CT molecular complexity index is 763. The zero-order valence-corrected chi connectivity index (χ0v) is 12.7. The van der Waals surface area contributed by atoms with E-state index in [1.54, 1.807) is 29.8 Å². The molecule has 1 amide bonds. The van der Waals surface area contributed by atoms with Crippen LogP contribution in [0.2, 0.25) is 0 Å². The molecule has 0 atom stereocenters. The summed E-state index contributed by atoms with van der Waals surface area (Å²) in [6, 6.07) is 6.29. The van der Waals surface area contributed by atoms with Crippen LogP contribution in [0, 0.1) is 5.82 Å². The molecule has 2 aromatic heterocycles. The third kappa shape index (κ3) is 3.00. The minimum Gasteiger partial charge on any atom is -0.383 e. The number of methoxy groups -OCH3 is 1. The van der Waals surface area contributed by atoms with Crippen molar-refractivity contribution in [1.82, 2.24) is 14.7 Å². The Morgan fingerprint density at radius 2 is 2.14 bits per heavy atom. The number of hydrogen-bond donors (Lipinski definition) is 1. The van der Waals surface area contributed by atoms with E-state index in [-0.39, 0.29) is 11.7 Å². The van der Waals surface area contributed by atoms with E-state index >= 15 is 0 Å². The fourth-order valence-corrected chi connectivity index (χ4v) is 2.98. The number of halogens is 1. The third-order valence-electron chi connectivity index (χ3n) is 3.11. The summed E-state index contributed by atoms with van der Waals surface area (Å²) in [5.41, 5.74) is 1.29. The van der Waals surface area contributed by atoms with E-state index in [9.17, 15) is 9.18 Å². The number of rotatable bonds is 5. The first-order valence-electron chi connectivity index (χ1n) is 6.69. The monoisotopic (exact) mass is 319 g/mol. The van der Waals surface area contributed by atoms with Crippen molar-refractivity contribution in [3.63, 3.8) is 0 Å². The number of nitrogens with one attached hydrogen (secondary N) is 1. The predicted octanol–water partition coefficient (Wildman–Crippen LogP) is 2.58. The summed E-state index contributed by atoms with van der Waals surface area (Å²) < 4.78 is 19.6. The maximum atomic E-state index is 12.9. The molecule has 1 aromatic carbocycles. The Morgan fingerprint density at radius 3 is 2.82 bits per heavy atom. The number of hydrogen-bond acceptors (Lipinski definition) is 4. The molecule has 0 fully saturated rings. The molecule has 7 heteroatoms. The van der Waals surface area contributed by atoms with Crippen LogP contribution in [-0.4, -0.2) is 35.6 Å². The summed E-state index contributed by atoms with van der Waals surface area (Å²) in [6.45, 7) is 0.907. The maximum Gasteiger partial charge on any atom is 0.271 e. The molecule has 0 saturated carbocycles. The highest BCUT2D eigenvalue weighted by Crippen LogP contribution is 2.28. The van der Waals surface area contributed by atoms with E-state index in [0.29, 0.717) is 18.8 Å². The SMILES string of the molecule is COCCNC(=O)c1cn2cc(-c3ccc(F)cc3)sc2n1. The van der Waals surface area contributed by atoms with Gasteiger partial charge in [0, 0.05) is 26.0 Å². The van der Waals surface area contributed by atoms with E-state index in [1.165, 1.54) is 23.5 Å². The lowest BCUT2D eigenvalue weighted by molar-refractivity contribution is 0.0933. The van der Waals surface area contributed by atoms with Crippen molar-refractivity contribution in [2.24, 2.45) is 0 Å². The predicted molar refractivity (Wildman–Crippen MR) is 82.7 cm³/mol. The average molecular weight is 319 g/mol. The van der Waals surface area contributed by atoms with Crippen LogP contribution in [0.3, 0.4) is 0 Å². The molecular formula is C15H14FN3O2S. The molecule has 0 aliphatic carbocycles. The van der Waals surface area contributed by atoms with Crippen molar-refractivity contribution in [2.75, 3.05) is 20.3 Å². The maximum absolute atomic E-state index is 12.9. The zero-order valence-electron chi connectivity index (χ0n) is 11.9. The fraction of sp³-hybridized carbons (Fsp3) is 0.200. The van der Waals surface area contributed by atoms with Crippen LogP contribution in [0.25, 0.3) is 15.4 Å². The zero-order chi connectivity index (χ0) is 15.5.